The summed E-state index contributed by atoms with van der Waals surface area (Å²) in [7, 11) is 0. The third-order valence-corrected chi connectivity index (χ3v) is 4.99. The van der Waals surface area contributed by atoms with Crippen LogP contribution in [0.25, 0.3) is 11.3 Å². The summed E-state index contributed by atoms with van der Waals surface area (Å²) in [6.45, 7) is 6.35. The molecule has 0 fully saturated rings. The number of amides is 1. The van der Waals surface area contributed by atoms with Gasteiger partial charge in [0.1, 0.15) is 10.8 Å². The van der Waals surface area contributed by atoms with Gasteiger partial charge in [-0.05, 0) is 36.8 Å². The van der Waals surface area contributed by atoms with E-state index in [9.17, 15) is 9.90 Å². The van der Waals surface area contributed by atoms with E-state index in [1.54, 1.807) is 43.5 Å². The summed E-state index contributed by atoms with van der Waals surface area (Å²) in [4.78, 5) is 12.7. The number of nitrogens with zero attached hydrogens (tertiary/aromatic N) is 3. The molecular formula is C22H22N4O3S. The zero-order chi connectivity index (χ0) is 21.3. The summed E-state index contributed by atoms with van der Waals surface area (Å²) in [5, 5.41) is 21.3. The molecule has 2 N–H and O–H groups in total. The lowest BCUT2D eigenvalue weighted by Crippen LogP contribution is -2.15. The van der Waals surface area contributed by atoms with E-state index < -0.39 is 6.09 Å². The van der Waals surface area contributed by atoms with Crippen LogP contribution in [0.15, 0.2) is 77.5 Å². The van der Waals surface area contributed by atoms with Crippen molar-refractivity contribution in [3.8, 4) is 17.0 Å². The minimum Gasteiger partial charge on any atom is -0.508 e. The Morgan fingerprint density at radius 1 is 1.23 bits per heavy atom. The molecule has 154 valence electrons. The maximum absolute atomic E-state index is 12.1. The van der Waals surface area contributed by atoms with E-state index in [2.05, 4.69) is 22.1 Å². The second kappa shape index (κ2) is 10.2. The van der Waals surface area contributed by atoms with Crippen molar-refractivity contribution >= 4 is 28.6 Å². The quantitative estimate of drug-likeness (QED) is 0.331. The Morgan fingerprint density at radius 2 is 1.97 bits per heavy atom. The van der Waals surface area contributed by atoms with Crippen LogP contribution < -0.4 is 10.1 Å². The normalized spacial score (nSPS) is 11.6. The molecule has 1 amide bonds. The molecule has 1 aromatic heterocycles. The average Bonchev–Trinajstić information content (AvgIpc) is 3.07. The predicted molar refractivity (Wildman–Crippen MR) is 120 cm³/mol. The maximum Gasteiger partial charge on any atom is 0.412 e. The third kappa shape index (κ3) is 5.24. The van der Waals surface area contributed by atoms with Gasteiger partial charge in [-0.15, -0.1) is 11.7 Å². The maximum atomic E-state index is 12.1. The van der Waals surface area contributed by atoms with Gasteiger partial charge in [-0.25, -0.2) is 4.79 Å². The number of anilines is 1. The molecule has 0 bridgehead atoms. The van der Waals surface area contributed by atoms with E-state index in [1.807, 2.05) is 34.9 Å². The lowest BCUT2D eigenvalue weighted by Gasteiger charge is -2.10. The highest BCUT2D eigenvalue weighted by molar-refractivity contribution is 7.14. The molecule has 0 aliphatic carbocycles. The molecule has 3 rings (SSSR count). The van der Waals surface area contributed by atoms with Gasteiger partial charge in [-0.2, -0.15) is 5.10 Å². The number of nitrogens with one attached hydrogen (secondary N) is 1. The smallest absolute Gasteiger partial charge is 0.412 e. The van der Waals surface area contributed by atoms with Gasteiger partial charge in [0, 0.05) is 12.1 Å². The van der Waals surface area contributed by atoms with Crippen LogP contribution in [0, 0.1) is 0 Å². The average molecular weight is 423 g/mol. The second-order valence-electron chi connectivity index (χ2n) is 6.11. The van der Waals surface area contributed by atoms with Gasteiger partial charge in [0.05, 0.1) is 18.5 Å². The van der Waals surface area contributed by atoms with Crippen LogP contribution in [0.5, 0.6) is 5.75 Å². The van der Waals surface area contributed by atoms with Crippen molar-refractivity contribution in [3.05, 3.63) is 77.6 Å². The molecule has 0 radical (unpaired) electrons. The standard InChI is InChI=1S/C22H22N4O3S/c1-3-14-26-19(17-8-6-5-7-9-17)20(24-22(28)29-4-2)30-21(26)25-23-15-16-10-12-18(27)13-11-16/h3,5-13,15,27H,1,4,14H2,2H3,(H,24,28)/b23-15+,25-21?. The molecule has 8 heteroatoms. The summed E-state index contributed by atoms with van der Waals surface area (Å²) in [5.74, 6) is 0.188. The molecular weight excluding hydrogens is 400 g/mol. The van der Waals surface area contributed by atoms with Crippen molar-refractivity contribution in [2.24, 2.45) is 10.2 Å². The molecule has 3 aromatic rings. The molecule has 1 heterocycles. The molecule has 30 heavy (non-hydrogen) atoms. The summed E-state index contributed by atoms with van der Waals surface area (Å²) < 4.78 is 6.97. The highest BCUT2D eigenvalue weighted by Gasteiger charge is 2.17. The minimum absolute atomic E-state index is 0.188. The Bertz CT molecular complexity index is 1100. The Kier molecular flexibility index (Phi) is 7.18. The van der Waals surface area contributed by atoms with E-state index in [0.29, 0.717) is 16.3 Å². The first-order valence-corrected chi connectivity index (χ1v) is 10.1. The number of aromatic nitrogens is 1. The van der Waals surface area contributed by atoms with Crippen LogP contribution in [-0.2, 0) is 11.3 Å². The largest absolute Gasteiger partial charge is 0.508 e. The number of hydrogen-bond donors (Lipinski definition) is 2. The van der Waals surface area contributed by atoms with E-state index in [-0.39, 0.29) is 12.4 Å². The number of phenolic OH excluding ortho intramolecular Hbond substituents is 1. The Balaban J connectivity index is 2.07. The number of ether oxygens (including phenoxy) is 1. The van der Waals surface area contributed by atoms with Gasteiger partial charge >= 0.3 is 6.09 Å². The Hall–Kier alpha value is -3.65. The van der Waals surface area contributed by atoms with Gasteiger partial charge in [0.2, 0.25) is 4.80 Å². The fourth-order valence-corrected chi connectivity index (χ4v) is 3.72. The van der Waals surface area contributed by atoms with Crippen LogP contribution in [0.4, 0.5) is 9.80 Å². The van der Waals surface area contributed by atoms with Gasteiger partial charge < -0.3 is 14.4 Å². The monoisotopic (exact) mass is 422 g/mol. The molecule has 0 aliphatic rings. The van der Waals surface area contributed by atoms with Crippen LogP contribution in [0.2, 0.25) is 0 Å². The number of hydrogen-bond acceptors (Lipinski definition) is 6. The van der Waals surface area contributed by atoms with Gasteiger partial charge in [0.15, 0.2) is 0 Å². The Labute approximate surface area is 178 Å². The lowest BCUT2D eigenvalue weighted by molar-refractivity contribution is 0.168. The van der Waals surface area contributed by atoms with Crippen LogP contribution in [0.3, 0.4) is 0 Å². The lowest BCUT2D eigenvalue weighted by atomic mass is 10.1. The highest BCUT2D eigenvalue weighted by atomic mass is 32.1. The van der Waals surface area contributed by atoms with Gasteiger partial charge in [-0.1, -0.05) is 47.7 Å². The molecule has 0 atom stereocenters. The number of aromatic hydroxyl groups is 1. The number of carbonyl (C=O) groups is 1. The van der Waals surface area contributed by atoms with Crippen molar-refractivity contribution in [3.63, 3.8) is 0 Å². The molecule has 0 saturated carbocycles. The molecule has 0 aliphatic heterocycles. The summed E-state index contributed by atoms with van der Waals surface area (Å²) in [6, 6.07) is 16.4. The highest BCUT2D eigenvalue weighted by Crippen LogP contribution is 2.31. The van der Waals surface area contributed by atoms with Gasteiger partial charge in [-0.3, -0.25) is 5.32 Å². The topological polar surface area (TPSA) is 88.2 Å². The first kappa shape index (κ1) is 21.1. The fourth-order valence-electron chi connectivity index (χ4n) is 2.72. The number of allylic oxidation sites excluding steroid dienone is 1. The number of rotatable bonds is 7. The zero-order valence-electron chi connectivity index (χ0n) is 16.5. The van der Waals surface area contributed by atoms with Crippen molar-refractivity contribution in [2.75, 3.05) is 11.9 Å². The van der Waals surface area contributed by atoms with E-state index in [0.717, 1.165) is 16.8 Å². The van der Waals surface area contributed by atoms with E-state index in [1.165, 1.54) is 11.3 Å². The molecule has 7 nitrogen and oxygen atoms in total. The van der Waals surface area contributed by atoms with Crippen LogP contribution in [-0.4, -0.2) is 28.6 Å². The van der Waals surface area contributed by atoms with E-state index >= 15 is 0 Å². The SMILES string of the molecule is C=CCn1c(-c2ccccc2)c(NC(=O)OCC)sc1=N/N=C/c1ccc(O)cc1. The van der Waals surface area contributed by atoms with Crippen molar-refractivity contribution < 1.29 is 14.6 Å². The molecule has 0 unspecified atom stereocenters. The first-order valence-electron chi connectivity index (χ1n) is 9.32. The summed E-state index contributed by atoms with van der Waals surface area (Å²) >= 11 is 1.30. The summed E-state index contributed by atoms with van der Waals surface area (Å²) in [5.41, 5.74) is 2.52. The number of phenols is 1. The number of carbonyl (C=O) groups excluding carboxylic acids is 1. The first-order chi connectivity index (χ1) is 14.6. The predicted octanol–water partition coefficient (Wildman–Crippen LogP) is 4.61. The molecule has 0 spiro atoms. The van der Waals surface area contributed by atoms with E-state index in [4.69, 9.17) is 4.74 Å². The minimum atomic E-state index is -0.527. The number of thiazole rings is 1. The zero-order valence-corrected chi connectivity index (χ0v) is 17.3. The Morgan fingerprint density at radius 3 is 2.63 bits per heavy atom. The number of benzene rings is 2. The second-order valence-corrected chi connectivity index (χ2v) is 7.09. The summed E-state index contributed by atoms with van der Waals surface area (Å²) in [6.07, 6.45) is 2.83. The molecule has 2 aromatic carbocycles. The van der Waals surface area contributed by atoms with Crippen LogP contribution >= 0.6 is 11.3 Å². The molecule has 0 saturated heterocycles. The van der Waals surface area contributed by atoms with Crippen molar-refractivity contribution in [2.45, 2.75) is 13.5 Å². The van der Waals surface area contributed by atoms with Crippen LogP contribution in [0.1, 0.15) is 12.5 Å². The van der Waals surface area contributed by atoms with Gasteiger partial charge in [0.25, 0.3) is 0 Å². The third-order valence-electron chi connectivity index (χ3n) is 4.00. The fraction of sp³-hybridized carbons (Fsp3) is 0.136. The van der Waals surface area contributed by atoms with Crippen molar-refractivity contribution in [1.82, 2.24) is 4.57 Å². The van der Waals surface area contributed by atoms with Crippen molar-refractivity contribution in [1.29, 1.82) is 0 Å².